The van der Waals surface area contributed by atoms with Crippen LogP contribution in [0.15, 0.2) is 24.3 Å². The second-order valence-corrected chi connectivity index (χ2v) is 7.75. The summed E-state index contributed by atoms with van der Waals surface area (Å²) in [5, 5.41) is 9.35. The van der Waals surface area contributed by atoms with E-state index in [1.807, 2.05) is 31.4 Å². The van der Waals surface area contributed by atoms with E-state index in [0.717, 1.165) is 30.8 Å². The molecule has 1 aliphatic rings. The highest BCUT2D eigenvalue weighted by Crippen LogP contribution is 2.12. The van der Waals surface area contributed by atoms with Gasteiger partial charge in [-0.25, -0.2) is 0 Å². The van der Waals surface area contributed by atoms with Gasteiger partial charge in [0.25, 0.3) is 5.91 Å². The van der Waals surface area contributed by atoms with Gasteiger partial charge in [-0.1, -0.05) is 24.6 Å². The summed E-state index contributed by atoms with van der Waals surface area (Å²) >= 11 is 1.68. The number of hydrogen-bond donors (Lipinski definition) is 3. The zero-order chi connectivity index (χ0) is 18.2. The monoisotopic (exact) mass is 399 g/mol. The van der Waals surface area contributed by atoms with E-state index in [1.54, 1.807) is 17.8 Å². The normalized spacial score (nSPS) is 20.6. The quantitative estimate of drug-likeness (QED) is 0.658. The van der Waals surface area contributed by atoms with Crippen molar-refractivity contribution in [1.82, 2.24) is 16.0 Å². The van der Waals surface area contributed by atoms with Crippen LogP contribution in [0.4, 0.5) is 0 Å². The third-order valence-corrected chi connectivity index (χ3v) is 5.31. The summed E-state index contributed by atoms with van der Waals surface area (Å²) in [6, 6.07) is 7.04. The van der Waals surface area contributed by atoms with E-state index in [1.165, 1.54) is 0 Å². The highest BCUT2D eigenvalue weighted by Gasteiger charge is 2.27. The molecule has 3 N–H and O–H groups in total. The lowest BCUT2D eigenvalue weighted by Gasteiger charge is -2.31. The number of halogens is 1. The maximum Gasteiger partial charge on any atom is 0.251 e. The van der Waals surface area contributed by atoms with Crippen LogP contribution < -0.4 is 16.0 Å². The minimum atomic E-state index is -0.505. The highest BCUT2D eigenvalue weighted by atomic mass is 35.5. The molecule has 1 aromatic carbocycles. The second-order valence-electron chi connectivity index (χ2n) is 6.76. The molecule has 1 heterocycles. The fourth-order valence-corrected chi connectivity index (χ4v) is 3.47. The molecule has 0 aliphatic carbocycles. The van der Waals surface area contributed by atoms with Gasteiger partial charge < -0.3 is 16.0 Å². The van der Waals surface area contributed by atoms with Gasteiger partial charge in [-0.15, -0.1) is 12.4 Å². The predicted octanol–water partition coefficient (Wildman–Crippen LogP) is 2.38. The summed E-state index contributed by atoms with van der Waals surface area (Å²) in [6.45, 7) is 5.89. The molecule has 1 aliphatic heterocycles. The lowest BCUT2D eigenvalue weighted by molar-refractivity contribution is -0.124. The van der Waals surface area contributed by atoms with Crippen molar-refractivity contribution in [2.75, 3.05) is 25.1 Å². The van der Waals surface area contributed by atoms with Crippen LogP contribution in [0.3, 0.4) is 0 Å². The number of carbonyl (C=O) groups excluding carboxylic acids is 2. The molecule has 2 amide bonds. The first-order chi connectivity index (χ1) is 12.0. The van der Waals surface area contributed by atoms with E-state index in [-0.39, 0.29) is 30.3 Å². The Labute approximate surface area is 166 Å². The third kappa shape index (κ3) is 6.82. The molecule has 146 valence electrons. The number of benzene rings is 1. The number of hydrogen-bond acceptors (Lipinski definition) is 4. The molecule has 5 nitrogen and oxygen atoms in total. The van der Waals surface area contributed by atoms with Gasteiger partial charge in [0.05, 0.1) is 0 Å². The predicted molar refractivity (Wildman–Crippen MR) is 111 cm³/mol. The van der Waals surface area contributed by atoms with Crippen molar-refractivity contribution < 1.29 is 9.59 Å². The number of aryl methyl sites for hydroxylation is 1. The maximum absolute atomic E-state index is 12.7. The number of rotatable bonds is 7. The number of nitrogens with one attached hydrogen (secondary N) is 3. The van der Waals surface area contributed by atoms with Gasteiger partial charge >= 0.3 is 0 Å². The first-order valence-corrected chi connectivity index (χ1v) is 10.3. The number of amides is 2. The lowest BCUT2D eigenvalue weighted by atomic mass is 9.94. The average Bonchev–Trinajstić information content (AvgIpc) is 2.60. The van der Waals surface area contributed by atoms with Crippen LogP contribution in [0, 0.1) is 12.8 Å². The number of carbonyl (C=O) groups is 2. The minimum Gasteiger partial charge on any atom is -0.350 e. The summed E-state index contributed by atoms with van der Waals surface area (Å²) in [5.41, 5.74) is 1.62. The van der Waals surface area contributed by atoms with Gasteiger partial charge in [-0.05, 0) is 56.4 Å². The van der Waals surface area contributed by atoms with Gasteiger partial charge in [-0.2, -0.15) is 11.8 Å². The molecule has 0 radical (unpaired) electrons. The average molecular weight is 400 g/mol. The van der Waals surface area contributed by atoms with Gasteiger partial charge in [0.1, 0.15) is 6.04 Å². The van der Waals surface area contributed by atoms with Crippen molar-refractivity contribution >= 4 is 36.0 Å². The Morgan fingerprint density at radius 1 is 1.38 bits per heavy atom. The summed E-state index contributed by atoms with van der Waals surface area (Å²) < 4.78 is 0. The van der Waals surface area contributed by atoms with Gasteiger partial charge in [-0.3, -0.25) is 9.59 Å². The second kappa shape index (κ2) is 11.5. The number of thioether (sulfide) groups is 1. The molecule has 0 saturated carbocycles. The third-order valence-electron chi connectivity index (χ3n) is 4.67. The van der Waals surface area contributed by atoms with Gasteiger partial charge in [0.15, 0.2) is 0 Å². The Hall–Kier alpha value is -1.24. The van der Waals surface area contributed by atoms with Crippen molar-refractivity contribution in [2.24, 2.45) is 5.92 Å². The van der Waals surface area contributed by atoms with Crippen molar-refractivity contribution in [3.8, 4) is 0 Å². The first-order valence-electron chi connectivity index (χ1n) is 8.89. The van der Waals surface area contributed by atoms with Crippen LogP contribution in [0.5, 0.6) is 0 Å². The van der Waals surface area contributed by atoms with Crippen molar-refractivity contribution in [3.63, 3.8) is 0 Å². The molecule has 1 aromatic rings. The molecular formula is C19H30ClN3O2S. The standard InChI is InChI=1S/C19H29N3O2S.ClH/c1-13-5-4-6-15(11-13)18(23)21-16(8-10-25-3)19(24)22-17-12-20-9-7-14(17)2;/h4-6,11,14,16-17,20H,7-10,12H2,1-3H3,(H,21,23)(H,22,24);1H. The maximum atomic E-state index is 12.7. The van der Waals surface area contributed by atoms with Crippen LogP contribution in [0.25, 0.3) is 0 Å². The molecular weight excluding hydrogens is 370 g/mol. The van der Waals surface area contributed by atoms with Crippen molar-refractivity contribution in [1.29, 1.82) is 0 Å². The Kier molecular flexibility index (Phi) is 10.1. The Morgan fingerprint density at radius 3 is 2.81 bits per heavy atom. The summed E-state index contributed by atoms with van der Waals surface area (Å²) in [4.78, 5) is 25.3. The summed E-state index contributed by atoms with van der Waals surface area (Å²) in [7, 11) is 0. The van der Waals surface area contributed by atoms with Crippen LogP contribution in [-0.2, 0) is 4.79 Å². The largest absolute Gasteiger partial charge is 0.350 e. The van der Waals surface area contributed by atoms with Crippen LogP contribution in [-0.4, -0.2) is 49.0 Å². The van der Waals surface area contributed by atoms with Gasteiger partial charge in [0, 0.05) is 18.2 Å². The molecule has 7 heteroatoms. The smallest absolute Gasteiger partial charge is 0.251 e. The van der Waals surface area contributed by atoms with E-state index in [2.05, 4.69) is 22.9 Å². The molecule has 3 atom stereocenters. The Morgan fingerprint density at radius 2 is 2.15 bits per heavy atom. The SMILES string of the molecule is CSCCC(NC(=O)c1cccc(C)c1)C(=O)NC1CNCCC1C.Cl. The zero-order valence-corrected chi connectivity index (χ0v) is 17.3. The molecule has 0 bridgehead atoms. The Balaban J connectivity index is 0.00000338. The van der Waals surface area contributed by atoms with Crippen molar-refractivity contribution in [2.45, 2.75) is 38.8 Å². The minimum absolute atomic E-state index is 0. The molecule has 0 aromatic heterocycles. The molecule has 26 heavy (non-hydrogen) atoms. The fourth-order valence-electron chi connectivity index (χ4n) is 3.00. The molecule has 2 rings (SSSR count). The van der Waals surface area contributed by atoms with Gasteiger partial charge in [0.2, 0.25) is 5.91 Å². The lowest BCUT2D eigenvalue weighted by Crippen LogP contribution is -2.55. The van der Waals surface area contributed by atoms with Crippen LogP contribution in [0.1, 0.15) is 35.7 Å². The first kappa shape index (κ1) is 22.8. The summed E-state index contributed by atoms with van der Waals surface area (Å²) in [6.07, 6.45) is 3.68. The molecule has 0 spiro atoms. The van der Waals surface area contributed by atoms with Crippen LogP contribution in [0.2, 0.25) is 0 Å². The highest BCUT2D eigenvalue weighted by molar-refractivity contribution is 7.98. The van der Waals surface area contributed by atoms with E-state index >= 15 is 0 Å². The Bertz CT molecular complexity index is 600. The van der Waals surface area contributed by atoms with Crippen molar-refractivity contribution in [3.05, 3.63) is 35.4 Å². The van der Waals surface area contributed by atoms with E-state index in [4.69, 9.17) is 0 Å². The topological polar surface area (TPSA) is 70.2 Å². The molecule has 3 unspecified atom stereocenters. The summed E-state index contributed by atoms with van der Waals surface area (Å²) in [5.74, 6) is 0.985. The molecule has 1 saturated heterocycles. The fraction of sp³-hybridized carbons (Fsp3) is 0.579. The number of piperidine rings is 1. The molecule has 1 fully saturated rings. The van der Waals surface area contributed by atoms with Crippen LogP contribution >= 0.6 is 24.2 Å². The van der Waals surface area contributed by atoms with E-state index in [9.17, 15) is 9.59 Å². The zero-order valence-electron chi connectivity index (χ0n) is 15.7. The van der Waals surface area contributed by atoms with E-state index in [0.29, 0.717) is 17.9 Å². The van der Waals surface area contributed by atoms with E-state index < -0.39 is 6.04 Å².